The number of pyridine rings is 2. The third-order valence-corrected chi connectivity index (χ3v) is 6.91. The van der Waals surface area contributed by atoms with Crippen molar-refractivity contribution in [2.45, 2.75) is 45.4 Å². The molecule has 3 heteroatoms. The number of para-hydroxylation sites is 1. The van der Waals surface area contributed by atoms with Crippen molar-refractivity contribution in [2.75, 3.05) is 0 Å². The predicted octanol–water partition coefficient (Wildman–Crippen LogP) is 7.06. The number of furan rings is 1. The van der Waals surface area contributed by atoms with Crippen molar-refractivity contribution in [3.05, 3.63) is 71.9 Å². The Morgan fingerprint density at radius 1 is 1.03 bits per heavy atom. The van der Waals surface area contributed by atoms with Gasteiger partial charge in [-0.15, -0.1) is 0 Å². The molecule has 1 saturated carbocycles. The van der Waals surface area contributed by atoms with Gasteiger partial charge in [0, 0.05) is 31.0 Å². The maximum absolute atomic E-state index is 8.95. The van der Waals surface area contributed by atoms with Gasteiger partial charge in [-0.1, -0.05) is 50.3 Å². The molecule has 32 heavy (non-hydrogen) atoms. The van der Waals surface area contributed by atoms with Crippen LogP contribution in [-0.4, -0.2) is 4.98 Å². The van der Waals surface area contributed by atoms with Crippen molar-refractivity contribution in [3.8, 4) is 11.3 Å². The van der Waals surface area contributed by atoms with E-state index >= 15 is 0 Å². The lowest BCUT2D eigenvalue weighted by Crippen LogP contribution is -2.31. The minimum atomic E-state index is -1.33. The van der Waals surface area contributed by atoms with Crippen molar-refractivity contribution >= 4 is 33.0 Å². The van der Waals surface area contributed by atoms with Crippen LogP contribution in [0.1, 0.15) is 46.0 Å². The zero-order valence-electron chi connectivity index (χ0n) is 20.7. The normalized spacial score (nSPS) is 16.6. The Labute approximate surface area is 191 Å². The summed E-state index contributed by atoms with van der Waals surface area (Å²) < 4.78 is 26.2. The molecular formula is C29H29N2O+. The molecule has 0 radical (unpaired) electrons. The van der Waals surface area contributed by atoms with Crippen LogP contribution in [0.4, 0.5) is 0 Å². The quantitative estimate of drug-likeness (QED) is 0.291. The van der Waals surface area contributed by atoms with Crippen molar-refractivity contribution in [2.24, 2.45) is 13.0 Å². The molecule has 0 unspecified atom stereocenters. The SMILES string of the molecule is [2H]C([2H])(c1cc[n+](C)c(-c2cc3oc4nc5ccccc5cc4c3cc2C)c1)C1CCCCC1. The minimum Gasteiger partial charge on any atom is -0.438 e. The molecule has 1 aliphatic carbocycles. The summed E-state index contributed by atoms with van der Waals surface area (Å²) in [7, 11) is 2.02. The van der Waals surface area contributed by atoms with Crippen LogP contribution >= 0.6 is 0 Å². The topological polar surface area (TPSA) is 29.9 Å². The number of rotatable bonds is 3. The van der Waals surface area contributed by atoms with Crippen LogP contribution in [0.3, 0.4) is 0 Å². The molecule has 160 valence electrons. The van der Waals surface area contributed by atoms with Gasteiger partial charge in [-0.25, -0.2) is 9.55 Å². The van der Waals surface area contributed by atoms with Crippen LogP contribution < -0.4 is 4.57 Å². The Hall–Kier alpha value is -3.20. The molecule has 5 aromatic rings. The van der Waals surface area contributed by atoms with Crippen molar-refractivity contribution in [3.63, 3.8) is 0 Å². The number of nitrogens with zero attached hydrogens (tertiary/aromatic N) is 2. The van der Waals surface area contributed by atoms with E-state index < -0.39 is 6.37 Å². The fourth-order valence-corrected chi connectivity index (χ4v) is 5.14. The van der Waals surface area contributed by atoms with Crippen LogP contribution in [0.25, 0.3) is 44.2 Å². The second-order valence-electron chi connectivity index (χ2n) is 9.19. The van der Waals surface area contributed by atoms with Gasteiger partial charge < -0.3 is 4.42 Å². The average molecular weight is 424 g/mol. The third-order valence-electron chi connectivity index (χ3n) is 6.91. The maximum atomic E-state index is 8.95. The Balaban J connectivity index is 1.49. The molecule has 0 bridgehead atoms. The highest BCUT2D eigenvalue weighted by atomic mass is 16.3. The van der Waals surface area contributed by atoms with Gasteiger partial charge in [0.2, 0.25) is 11.4 Å². The van der Waals surface area contributed by atoms with Crippen LogP contribution in [0, 0.1) is 12.8 Å². The molecule has 3 heterocycles. The molecule has 6 rings (SSSR count). The Kier molecular flexibility index (Phi) is 4.20. The Morgan fingerprint density at radius 3 is 2.75 bits per heavy atom. The highest BCUT2D eigenvalue weighted by molar-refractivity contribution is 6.08. The van der Waals surface area contributed by atoms with E-state index in [1.807, 2.05) is 43.6 Å². The van der Waals surface area contributed by atoms with Crippen LogP contribution in [0.2, 0.25) is 0 Å². The summed E-state index contributed by atoms with van der Waals surface area (Å²) in [5.74, 6) is 0.0842. The van der Waals surface area contributed by atoms with Crippen LogP contribution in [0.5, 0.6) is 0 Å². The fourth-order valence-electron chi connectivity index (χ4n) is 5.14. The fraction of sp³-hybridized carbons (Fsp3) is 0.310. The van der Waals surface area contributed by atoms with Crippen molar-refractivity contribution in [1.82, 2.24) is 4.98 Å². The summed E-state index contributed by atoms with van der Waals surface area (Å²) in [6.45, 7) is 2.12. The first-order valence-corrected chi connectivity index (χ1v) is 11.6. The number of hydrogen-bond donors (Lipinski definition) is 0. The van der Waals surface area contributed by atoms with E-state index in [-0.39, 0.29) is 5.92 Å². The molecular weight excluding hydrogens is 392 g/mol. The molecule has 0 amide bonds. The lowest BCUT2D eigenvalue weighted by molar-refractivity contribution is -0.660. The van der Waals surface area contributed by atoms with Gasteiger partial charge in [0.1, 0.15) is 12.6 Å². The smallest absolute Gasteiger partial charge is 0.227 e. The number of benzene rings is 2. The zero-order chi connectivity index (χ0) is 23.4. The Morgan fingerprint density at radius 2 is 1.88 bits per heavy atom. The molecule has 0 atom stereocenters. The van der Waals surface area contributed by atoms with Gasteiger partial charge in [-0.05, 0) is 54.6 Å². The molecule has 0 saturated heterocycles. The largest absolute Gasteiger partial charge is 0.438 e. The lowest BCUT2D eigenvalue weighted by Gasteiger charge is -2.21. The number of fused-ring (bicyclic) bond motifs is 4. The van der Waals surface area contributed by atoms with E-state index in [1.165, 1.54) is 6.42 Å². The van der Waals surface area contributed by atoms with E-state index in [0.717, 1.165) is 75.3 Å². The van der Waals surface area contributed by atoms with Crippen LogP contribution in [-0.2, 0) is 13.4 Å². The first kappa shape index (κ1) is 17.4. The summed E-state index contributed by atoms with van der Waals surface area (Å²) >= 11 is 0. The van der Waals surface area contributed by atoms with E-state index in [4.69, 9.17) is 12.1 Å². The van der Waals surface area contributed by atoms with E-state index in [1.54, 1.807) is 0 Å². The summed E-state index contributed by atoms with van der Waals surface area (Å²) in [4.78, 5) is 4.74. The molecule has 0 N–H and O–H groups in total. The molecule has 3 aromatic heterocycles. The van der Waals surface area contributed by atoms with E-state index in [9.17, 15) is 0 Å². The standard InChI is InChI=1S/C29H29N2O/c1-19-14-24-25-17-22-10-6-7-11-26(22)30-29(25)32-28(24)18-23(19)27-16-21(12-13-31(27)2)15-20-8-4-3-5-9-20/h6-7,10-14,16-18,20H,3-5,8-9,15H2,1-2H3/q+1/i15D2. The van der Waals surface area contributed by atoms with Crippen molar-refractivity contribution in [1.29, 1.82) is 0 Å². The zero-order valence-corrected chi connectivity index (χ0v) is 18.7. The Bertz CT molecular complexity index is 1550. The molecule has 0 aliphatic heterocycles. The molecule has 3 nitrogen and oxygen atoms in total. The molecule has 2 aromatic carbocycles. The number of aromatic nitrogens is 2. The second-order valence-corrected chi connectivity index (χ2v) is 9.19. The first-order chi connectivity index (χ1) is 16.4. The molecule has 1 aliphatic rings. The van der Waals surface area contributed by atoms with Gasteiger partial charge in [-0.2, -0.15) is 0 Å². The van der Waals surface area contributed by atoms with Gasteiger partial charge in [0.15, 0.2) is 6.20 Å². The second kappa shape index (κ2) is 7.74. The molecule has 1 fully saturated rings. The van der Waals surface area contributed by atoms with E-state index in [2.05, 4.69) is 35.8 Å². The van der Waals surface area contributed by atoms with Crippen molar-refractivity contribution < 1.29 is 11.7 Å². The summed E-state index contributed by atoms with van der Waals surface area (Å²) in [5, 5.41) is 3.18. The first-order valence-electron chi connectivity index (χ1n) is 12.6. The third kappa shape index (κ3) is 3.37. The summed E-state index contributed by atoms with van der Waals surface area (Å²) in [6.07, 6.45) is 6.07. The minimum absolute atomic E-state index is 0.0842. The van der Waals surface area contributed by atoms with Gasteiger partial charge in [0.05, 0.1) is 11.1 Å². The predicted molar refractivity (Wildman–Crippen MR) is 131 cm³/mol. The van der Waals surface area contributed by atoms with Crippen LogP contribution in [0.15, 0.2) is 65.2 Å². The molecule has 0 spiro atoms. The number of hydrogen-bond acceptors (Lipinski definition) is 2. The average Bonchev–Trinajstić information content (AvgIpc) is 3.19. The van der Waals surface area contributed by atoms with Gasteiger partial charge >= 0.3 is 0 Å². The highest BCUT2D eigenvalue weighted by Gasteiger charge is 2.20. The van der Waals surface area contributed by atoms with Gasteiger partial charge in [-0.3, -0.25) is 0 Å². The summed E-state index contributed by atoms with van der Waals surface area (Å²) in [6, 6.07) is 18.5. The maximum Gasteiger partial charge on any atom is 0.227 e. The van der Waals surface area contributed by atoms with E-state index in [0.29, 0.717) is 5.71 Å². The monoisotopic (exact) mass is 423 g/mol. The highest BCUT2D eigenvalue weighted by Crippen LogP contribution is 2.35. The lowest BCUT2D eigenvalue weighted by atomic mass is 9.85. The van der Waals surface area contributed by atoms with Gasteiger partial charge in [0.25, 0.3) is 0 Å². The summed E-state index contributed by atoms with van der Waals surface area (Å²) in [5.41, 5.74) is 6.33. The number of aryl methyl sites for hydroxylation is 2.